The Morgan fingerprint density at radius 3 is 2.06 bits per heavy atom. The number of carbonyl (C=O) groups excluding carboxylic acids is 2. The zero-order valence-electron chi connectivity index (χ0n) is 19.2. The number of para-hydroxylation sites is 1. The Kier molecular flexibility index (Phi) is 6.15. The predicted octanol–water partition coefficient (Wildman–Crippen LogP) is 3.74. The Labute approximate surface area is 206 Å². The predicted molar refractivity (Wildman–Crippen MR) is 137 cm³/mol. The Balaban J connectivity index is 1.54. The number of nitrogens with zero attached hydrogens (tertiary/aromatic N) is 1. The van der Waals surface area contributed by atoms with Crippen LogP contribution in [0, 0.1) is 0 Å². The molecule has 0 fully saturated rings. The molecule has 5 rings (SSSR count). The van der Waals surface area contributed by atoms with E-state index in [2.05, 4.69) is 15.6 Å². The molecule has 0 aromatic heterocycles. The van der Waals surface area contributed by atoms with Crippen molar-refractivity contribution in [2.75, 3.05) is 5.73 Å². The van der Waals surface area contributed by atoms with Crippen molar-refractivity contribution in [2.24, 2.45) is 0 Å². The highest BCUT2D eigenvalue weighted by Gasteiger charge is 2.25. The lowest BCUT2D eigenvalue weighted by atomic mass is 10.0. The summed E-state index contributed by atoms with van der Waals surface area (Å²) in [6.45, 7) is 0.571. The molecule has 1 heterocycles. The molecule has 3 aromatic carbocycles. The first kappa shape index (κ1) is 22.8. The van der Waals surface area contributed by atoms with Crippen molar-refractivity contribution in [3.63, 3.8) is 0 Å². The van der Waals surface area contributed by atoms with Gasteiger partial charge in [-0.2, -0.15) is 0 Å². The molecule has 3 aromatic rings. The molecule has 178 valence electrons. The van der Waals surface area contributed by atoms with Crippen LogP contribution < -0.4 is 21.8 Å². The smallest absolute Gasteiger partial charge is 0.256 e. The van der Waals surface area contributed by atoms with Gasteiger partial charge in [0.1, 0.15) is 11.2 Å². The molecule has 1 aliphatic carbocycles. The summed E-state index contributed by atoms with van der Waals surface area (Å²) >= 11 is 0. The monoisotopic (exact) mass is 478 g/mol. The lowest BCUT2D eigenvalue weighted by molar-refractivity contribution is 0.0944. The van der Waals surface area contributed by atoms with Gasteiger partial charge in [-0.25, -0.2) is 4.98 Å². The lowest BCUT2D eigenvalue weighted by Crippen LogP contribution is -2.28. The van der Waals surface area contributed by atoms with Gasteiger partial charge in [0.2, 0.25) is 5.43 Å². The normalized spacial score (nSPS) is 10.9. The number of amides is 2. The summed E-state index contributed by atoms with van der Waals surface area (Å²) in [5, 5.41) is 5.66. The molecule has 4 N–H and O–H groups in total. The molecule has 0 atom stereocenters. The van der Waals surface area contributed by atoms with Crippen LogP contribution in [0.5, 0.6) is 0 Å². The molecule has 1 aliphatic heterocycles. The van der Waals surface area contributed by atoms with Crippen LogP contribution in [0.25, 0.3) is 22.6 Å². The molecule has 2 aliphatic rings. The number of rotatable bonds is 6. The number of anilines is 1. The number of benzene rings is 4. The maximum absolute atomic E-state index is 13.1. The van der Waals surface area contributed by atoms with E-state index in [1.807, 2.05) is 60.7 Å². The molecular weight excluding hydrogens is 456 g/mol. The number of nitrogens with two attached hydrogens (primary N) is 1. The van der Waals surface area contributed by atoms with Gasteiger partial charge in [0.15, 0.2) is 11.3 Å². The van der Waals surface area contributed by atoms with E-state index in [9.17, 15) is 14.4 Å². The van der Waals surface area contributed by atoms with Crippen molar-refractivity contribution in [3.8, 4) is 11.5 Å². The first-order valence-corrected chi connectivity index (χ1v) is 11.3. The van der Waals surface area contributed by atoms with E-state index in [0.29, 0.717) is 12.1 Å². The van der Waals surface area contributed by atoms with Crippen molar-refractivity contribution < 1.29 is 14.0 Å². The number of fused-ring (bicyclic) bond motifs is 2. The van der Waals surface area contributed by atoms with Crippen LogP contribution in [0.4, 0.5) is 5.69 Å². The summed E-state index contributed by atoms with van der Waals surface area (Å²) in [5.74, 6) is -0.810. The molecule has 8 heteroatoms. The maximum atomic E-state index is 13.1. The van der Waals surface area contributed by atoms with Crippen molar-refractivity contribution in [1.29, 1.82) is 0 Å². The third-order valence-electron chi connectivity index (χ3n) is 5.77. The number of hydrogen-bond acceptors (Lipinski definition) is 6. The van der Waals surface area contributed by atoms with Crippen LogP contribution in [0.2, 0.25) is 0 Å². The van der Waals surface area contributed by atoms with Gasteiger partial charge < -0.3 is 20.8 Å². The Hall–Kier alpha value is -4.98. The first-order chi connectivity index (χ1) is 17.5. The van der Waals surface area contributed by atoms with E-state index in [1.54, 1.807) is 18.2 Å². The van der Waals surface area contributed by atoms with Crippen LogP contribution in [0.1, 0.15) is 31.8 Å². The Morgan fingerprint density at radius 2 is 1.42 bits per heavy atom. The molecule has 0 radical (unpaired) electrons. The number of hydrogen-bond donors (Lipinski definition) is 3. The fourth-order valence-electron chi connectivity index (χ4n) is 3.93. The molecule has 8 nitrogen and oxygen atoms in total. The highest BCUT2D eigenvalue weighted by Crippen LogP contribution is 2.30. The molecule has 0 unspecified atom stereocenters. The topological polar surface area (TPSA) is 127 Å². The summed E-state index contributed by atoms with van der Waals surface area (Å²) in [6.07, 6.45) is 0. The maximum Gasteiger partial charge on any atom is 0.256 e. The zero-order chi connectivity index (χ0) is 25.1. The number of carbonyl (C=O) groups is 2. The van der Waals surface area contributed by atoms with E-state index in [4.69, 9.17) is 10.2 Å². The fourth-order valence-corrected chi connectivity index (χ4v) is 3.93. The Morgan fingerprint density at radius 1 is 0.806 bits per heavy atom. The SMILES string of the molecule is Nc1c(C(=O)NCc2ccccc2)c2nc3c(C(=O)NCc4ccccc4)cccc3oc-2cc1=O. The summed E-state index contributed by atoms with van der Waals surface area (Å²) in [7, 11) is 0. The quantitative estimate of drug-likeness (QED) is 0.252. The summed E-state index contributed by atoms with van der Waals surface area (Å²) in [6, 6.07) is 25.0. The van der Waals surface area contributed by atoms with Crippen LogP contribution >= 0.6 is 0 Å². The zero-order valence-corrected chi connectivity index (χ0v) is 19.2. The van der Waals surface area contributed by atoms with Gasteiger partial charge in [-0.15, -0.1) is 0 Å². The number of nitrogen functional groups attached to an aromatic ring is 1. The average Bonchev–Trinajstić information content (AvgIpc) is 2.91. The highest BCUT2D eigenvalue weighted by molar-refractivity contribution is 6.07. The second-order valence-corrected chi connectivity index (χ2v) is 8.21. The minimum Gasteiger partial charge on any atom is -0.453 e. The molecule has 0 saturated carbocycles. The minimum absolute atomic E-state index is 0.0847. The Bertz CT molecular complexity index is 1600. The summed E-state index contributed by atoms with van der Waals surface area (Å²) < 4.78 is 5.91. The molecule has 2 amide bonds. The number of aromatic nitrogens is 1. The van der Waals surface area contributed by atoms with Gasteiger partial charge >= 0.3 is 0 Å². The molecule has 0 bridgehead atoms. The number of nitrogens with one attached hydrogen (secondary N) is 2. The summed E-state index contributed by atoms with van der Waals surface area (Å²) in [5.41, 5.74) is 7.93. The molecule has 36 heavy (non-hydrogen) atoms. The summed E-state index contributed by atoms with van der Waals surface area (Å²) in [4.78, 5) is 43.3. The van der Waals surface area contributed by atoms with E-state index < -0.39 is 11.3 Å². The second-order valence-electron chi connectivity index (χ2n) is 8.21. The van der Waals surface area contributed by atoms with Crippen LogP contribution in [0.15, 0.2) is 94.1 Å². The van der Waals surface area contributed by atoms with E-state index in [0.717, 1.165) is 11.1 Å². The van der Waals surface area contributed by atoms with Crippen LogP contribution in [-0.2, 0) is 13.1 Å². The van der Waals surface area contributed by atoms with Gasteiger partial charge in [0.25, 0.3) is 11.8 Å². The molecule has 0 spiro atoms. The van der Waals surface area contributed by atoms with Crippen molar-refractivity contribution >= 4 is 28.6 Å². The fraction of sp³-hybridized carbons (Fsp3) is 0.0714. The van der Waals surface area contributed by atoms with Crippen molar-refractivity contribution in [3.05, 3.63) is 117 Å². The third kappa shape index (κ3) is 4.52. The van der Waals surface area contributed by atoms with Crippen LogP contribution in [-0.4, -0.2) is 16.8 Å². The van der Waals surface area contributed by atoms with Gasteiger partial charge in [-0.3, -0.25) is 14.4 Å². The van der Waals surface area contributed by atoms with Gasteiger partial charge in [-0.1, -0.05) is 66.7 Å². The highest BCUT2D eigenvalue weighted by atomic mass is 16.3. The van der Waals surface area contributed by atoms with E-state index in [1.165, 1.54) is 6.07 Å². The largest absolute Gasteiger partial charge is 0.453 e. The van der Waals surface area contributed by atoms with Gasteiger partial charge in [0.05, 0.1) is 16.8 Å². The van der Waals surface area contributed by atoms with Gasteiger partial charge in [0, 0.05) is 19.2 Å². The molecule has 0 saturated heterocycles. The van der Waals surface area contributed by atoms with Crippen molar-refractivity contribution in [2.45, 2.75) is 13.1 Å². The second kappa shape index (κ2) is 9.71. The van der Waals surface area contributed by atoms with E-state index in [-0.39, 0.29) is 46.2 Å². The van der Waals surface area contributed by atoms with E-state index >= 15 is 0 Å². The average molecular weight is 479 g/mol. The van der Waals surface area contributed by atoms with Crippen molar-refractivity contribution in [1.82, 2.24) is 15.6 Å². The third-order valence-corrected chi connectivity index (χ3v) is 5.77. The minimum atomic E-state index is -0.563. The van der Waals surface area contributed by atoms with Gasteiger partial charge in [-0.05, 0) is 23.3 Å². The standard InChI is InChI=1S/C28H22N4O4/c29-24-20(33)14-22-26(23(24)28(35)31-16-18-10-5-2-6-11-18)32-25-19(12-7-13-21(25)36-22)27(34)30-15-17-8-3-1-4-9-17/h1-14H,15-16,29H2,(H,30,34)(H,31,35). The first-order valence-electron chi connectivity index (χ1n) is 11.3. The molecular formula is C28H22N4O4. The lowest BCUT2D eigenvalue weighted by Gasteiger charge is -2.15. The van der Waals surface area contributed by atoms with Crippen LogP contribution in [0.3, 0.4) is 0 Å².